The molecule has 3 aromatic carbocycles. The average Bonchev–Trinajstić information content (AvgIpc) is 2.50. The maximum atomic E-state index is 9.30. The van der Waals surface area contributed by atoms with Gasteiger partial charge in [-0.05, 0) is 40.6 Å². The third kappa shape index (κ3) is 3.15. The number of nitrogens with one attached hydrogen (secondary N) is 1. The molecule has 3 heteroatoms. The Labute approximate surface area is 124 Å². The zero-order chi connectivity index (χ0) is 14.7. The molecule has 0 aromatic heterocycles. The van der Waals surface area contributed by atoms with Crippen molar-refractivity contribution in [1.29, 1.82) is 0 Å². The highest BCUT2D eigenvalue weighted by atomic mass is 16.3. The van der Waals surface area contributed by atoms with E-state index in [1.807, 2.05) is 24.2 Å². The molecule has 0 unspecified atom stereocenters. The van der Waals surface area contributed by atoms with E-state index in [4.69, 9.17) is 0 Å². The lowest BCUT2D eigenvalue weighted by atomic mass is 10.0. The molecule has 0 saturated carbocycles. The van der Waals surface area contributed by atoms with E-state index in [9.17, 15) is 5.11 Å². The lowest BCUT2D eigenvalue weighted by Crippen LogP contribution is -2.24. The molecule has 106 valence electrons. The molecule has 0 saturated heterocycles. The normalized spacial score (nSPS) is 11.0. The third-order valence-corrected chi connectivity index (χ3v) is 3.47. The summed E-state index contributed by atoms with van der Waals surface area (Å²) >= 11 is 0. The van der Waals surface area contributed by atoms with Crippen molar-refractivity contribution in [3.8, 4) is 5.75 Å². The molecule has 0 aliphatic carbocycles. The number of aromatic hydroxyl groups is 1. The molecule has 0 radical (unpaired) electrons. The number of hydrogen-bond donors (Lipinski definition) is 2. The van der Waals surface area contributed by atoms with Crippen molar-refractivity contribution >= 4 is 16.5 Å². The Kier molecular flexibility index (Phi) is 3.75. The van der Waals surface area contributed by atoms with Crippen LogP contribution in [0.25, 0.3) is 10.8 Å². The summed E-state index contributed by atoms with van der Waals surface area (Å²) in [5.74, 6) is 0.275. The lowest BCUT2D eigenvalue weighted by molar-refractivity contribution is 0.397. The highest BCUT2D eigenvalue weighted by molar-refractivity contribution is 5.85. The first-order valence-corrected chi connectivity index (χ1v) is 6.96. The Bertz CT molecular complexity index is 732. The predicted octanol–water partition coefficient (Wildman–Crippen LogP) is 4.00. The third-order valence-electron chi connectivity index (χ3n) is 3.47. The SMILES string of the molecule is CN(Cc1cccc2ccccc12)Nc1ccc(O)cc1. The number of fused-ring (bicyclic) bond motifs is 1. The van der Waals surface area contributed by atoms with Gasteiger partial charge in [0.25, 0.3) is 0 Å². The predicted molar refractivity (Wildman–Crippen MR) is 87.1 cm³/mol. The molecule has 3 rings (SSSR count). The van der Waals surface area contributed by atoms with Crippen LogP contribution in [0, 0.1) is 0 Å². The van der Waals surface area contributed by atoms with Crippen LogP contribution in [0.3, 0.4) is 0 Å². The number of hydrazine groups is 1. The minimum Gasteiger partial charge on any atom is -0.508 e. The van der Waals surface area contributed by atoms with Crippen LogP contribution in [0.15, 0.2) is 66.7 Å². The molecule has 2 N–H and O–H groups in total. The van der Waals surface area contributed by atoms with Crippen LogP contribution >= 0.6 is 0 Å². The van der Waals surface area contributed by atoms with Gasteiger partial charge in [-0.1, -0.05) is 42.5 Å². The Hall–Kier alpha value is -2.52. The van der Waals surface area contributed by atoms with E-state index in [1.165, 1.54) is 16.3 Å². The van der Waals surface area contributed by atoms with E-state index in [1.54, 1.807) is 12.1 Å². The van der Waals surface area contributed by atoms with E-state index < -0.39 is 0 Å². The van der Waals surface area contributed by atoms with Crippen molar-refractivity contribution in [3.05, 3.63) is 72.3 Å². The summed E-state index contributed by atoms with van der Waals surface area (Å²) in [7, 11) is 2.01. The molecule has 21 heavy (non-hydrogen) atoms. The highest BCUT2D eigenvalue weighted by Crippen LogP contribution is 2.20. The van der Waals surface area contributed by atoms with Gasteiger partial charge in [-0.25, -0.2) is 5.01 Å². The van der Waals surface area contributed by atoms with Gasteiger partial charge in [0.1, 0.15) is 5.75 Å². The summed E-state index contributed by atoms with van der Waals surface area (Å²) < 4.78 is 0. The molecule has 0 amide bonds. The Morgan fingerprint density at radius 2 is 1.62 bits per heavy atom. The summed E-state index contributed by atoms with van der Waals surface area (Å²) in [6.07, 6.45) is 0. The van der Waals surface area contributed by atoms with Crippen LogP contribution in [-0.4, -0.2) is 17.2 Å². The fourth-order valence-electron chi connectivity index (χ4n) is 2.48. The van der Waals surface area contributed by atoms with Crippen LogP contribution in [0.1, 0.15) is 5.56 Å². The first-order chi connectivity index (χ1) is 10.2. The van der Waals surface area contributed by atoms with Gasteiger partial charge in [0, 0.05) is 19.3 Å². The van der Waals surface area contributed by atoms with E-state index in [2.05, 4.69) is 47.9 Å². The molecular weight excluding hydrogens is 260 g/mol. The van der Waals surface area contributed by atoms with Gasteiger partial charge in [0.2, 0.25) is 0 Å². The van der Waals surface area contributed by atoms with E-state index >= 15 is 0 Å². The van der Waals surface area contributed by atoms with Crippen LogP contribution in [0.2, 0.25) is 0 Å². The largest absolute Gasteiger partial charge is 0.508 e. The first-order valence-electron chi connectivity index (χ1n) is 6.96. The standard InChI is InChI=1S/C18H18N2O/c1-20(19-16-9-11-17(21)12-10-16)13-15-7-4-6-14-5-2-3-8-18(14)15/h2-12,19,21H,13H2,1H3. The van der Waals surface area contributed by atoms with Crippen LogP contribution in [0.5, 0.6) is 5.75 Å². The molecule has 0 spiro atoms. The van der Waals surface area contributed by atoms with Gasteiger partial charge in [0.15, 0.2) is 0 Å². The number of rotatable bonds is 4. The second-order valence-corrected chi connectivity index (χ2v) is 5.15. The lowest BCUT2D eigenvalue weighted by Gasteiger charge is -2.20. The number of phenols is 1. The minimum absolute atomic E-state index is 0.275. The molecule has 0 bridgehead atoms. The van der Waals surface area contributed by atoms with Gasteiger partial charge >= 0.3 is 0 Å². The summed E-state index contributed by atoms with van der Waals surface area (Å²) in [6.45, 7) is 0.794. The van der Waals surface area contributed by atoms with Crippen LogP contribution in [-0.2, 0) is 6.54 Å². The van der Waals surface area contributed by atoms with Crippen molar-refractivity contribution in [2.75, 3.05) is 12.5 Å². The van der Waals surface area contributed by atoms with Gasteiger partial charge in [-0.3, -0.25) is 0 Å². The fourth-order valence-corrected chi connectivity index (χ4v) is 2.48. The highest BCUT2D eigenvalue weighted by Gasteiger charge is 2.04. The number of phenolic OH excluding ortho intramolecular Hbond substituents is 1. The van der Waals surface area contributed by atoms with E-state index in [0.29, 0.717) is 0 Å². The van der Waals surface area contributed by atoms with Gasteiger partial charge in [-0.2, -0.15) is 0 Å². The first kappa shape index (κ1) is 13.5. The minimum atomic E-state index is 0.275. The van der Waals surface area contributed by atoms with Gasteiger partial charge < -0.3 is 10.5 Å². The summed E-state index contributed by atoms with van der Waals surface area (Å²) in [6, 6.07) is 21.8. The molecule has 0 atom stereocenters. The molecule has 3 nitrogen and oxygen atoms in total. The molecule has 0 aliphatic heterocycles. The van der Waals surface area contributed by atoms with Crippen LogP contribution in [0.4, 0.5) is 5.69 Å². The fraction of sp³-hybridized carbons (Fsp3) is 0.111. The average molecular weight is 278 g/mol. The van der Waals surface area contributed by atoms with Crippen molar-refractivity contribution in [3.63, 3.8) is 0 Å². The topological polar surface area (TPSA) is 35.5 Å². The monoisotopic (exact) mass is 278 g/mol. The number of benzene rings is 3. The number of anilines is 1. The van der Waals surface area contributed by atoms with Crippen molar-refractivity contribution in [2.45, 2.75) is 6.54 Å². The Morgan fingerprint density at radius 3 is 2.43 bits per heavy atom. The quantitative estimate of drug-likeness (QED) is 0.559. The molecule has 0 fully saturated rings. The van der Waals surface area contributed by atoms with E-state index in [0.717, 1.165) is 12.2 Å². The zero-order valence-corrected chi connectivity index (χ0v) is 12.0. The Balaban J connectivity index is 1.77. The summed E-state index contributed by atoms with van der Waals surface area (Å²) in [5, 5.41) is 13.9. The smallest absolute Gasteiger partial charge is 0.115 e. The number of nitrogens with zero attached hydrogens (tertiary/aromatic N) is 1. The molecule has 3 aromatic rings. The zero-order valence-electron chi connectivity index (χ0n) is 12.0. The molecular formula is C18H18N2O. The van der Waals surface area contributed by atoms with Crippen molar-refractivity contribution < 1.29 is 5.11 Å². The van der Waals surface area contributed by atoms with Gasteiger partial charge in [0.05, 0.1) is 0 Å². The van der Waals surface area contributed by atoms with Crippen LogP contribution < -0.4 is 5.43 Å². The Morgan fingerprint density at radius 1 is 0.905 bits per heavy atom. The molecule has 0 heterocycles. The number of hydrogen-bond acceptors (Lipinski definition) is 3. The van der Waals surface area contributed by atoms with Gasteiger partial charge in [-0.15, -0.1) is 0 Å². The second kappa shape index (κ2) is 5.85. The molecule has 0 aliphatic rings. The van der Waals surface area contributed by atoms with Crippen molar-refractivity contribution in [2.24, 2.45) is 0 Å². The maximum Gasteiger partial charge on any atom is 0.115 e. The maximum absolute atomic E-state index is 9.30. The second-order valence-electron chi connectivity index (χ2n) is 5.15. The summed E-state index contributed by atoms with van der Waals surface area (Å²) in [4.78, 5) is 0. The van der Waals surface area contributed by atoms with E-state index in [-0.39, 0.29) is 5.75 Å². The van der Waals surface area contributed by atoms with Crippen molar-refractivity contribution in [1.82, 2.24) is 5.01 Å². The summed E-state index contributed by atoms with van der Waals surface area (Å²) in [5.41, 5.74) is 5.54.